The molecule has 2 atom stereocenters. The van der Waals surface area contributed by atoms with Crippen LogP contribution in [0.4, 0.5) is 0 Å². The second-order valence-electron chi connectivity index (χ2n) is 7.00. The summed E-state index contributed by atoms with van der Waals surface area (Å²) in [5, 5.41) is 0. The van der Waals surface area contributed by atoms with Gasteiger partial charge in [0.1, 0.15) is 0 Å². The molecule has 2 fully saturated rings. The molecule has 4 radical (unpaired) electrons. The van der Waals surface area contributed by atoms with Gasteiger partial charge in [-0.1, -0.05) is 37.1 Å². The normalized spacial score (nSPS) is 27.8. The maximum Gasteiger partial charge on any atom is 0.182 e. The largest absolute Gasteiger partial charge is 0.351 e. The highest BCUT2D eigenvalue weighted by atomic mass is 15.1. The minimum atomic E-state index is 0.512. The van der Waals surface area contributed by atoms with Gasteiger partial charge in [0.15, 0.2) is 16.0 Å². The van der Waals surface area contributed by atoms with Crippen molar-refractivity contribution in [2.75, 3.05) is 13.1 Å². The van der Waals surface area contributed by atoms with Gasteiger partial charge in [0, 0.05) is 12.1 Å². The molecule has 0 aromatic heterocycles. The molecule has 2 aliphatic rings. The van der Waals surface area contributed by atoms with Crippen LogP contribution in [0.5, 0.6) is 0 Å². The molecule has 2 aliphatic heterocycles. The molecular weight excluding hydrogens is 266 g/mol. The zero-order chi connectivity index (χ0) is 15.4. The molecule has 2 saturated heterocycles. The van der Waals surface area contributed by atoms with Crippen LogP contribution in [0.2, 0.25) is 0 Å². The summed E-state index contributed by atoms with van der Waals surface area (Å²) in [6.45, 7) is 2.08. The minimum Gasteiger partial charge on any atom is -0.351 e. The van der Waals surface area contributed by atoms with Gasteiger partial charge >= 0.3 is 0 Å². The molecule has 2 heterocycles. The van der Waals surface area contributed by atoms with Crippen LogP contribution in [0.15, 0.2) is 24.3 Å². The van der Waals surface area contributed by atoms with E-state index in [1.54, 1.807) is 0 Å². The fraction of sp³-hybridized carbons (Fsp3) is 0.667. The van der Waals surface area contributed by atoms with Gasteiger partial charge in [0.25, 0.3) is 0 Å². The second-order valence-corrected chi connectivity index (χ2v) is 7.00. The van der Waals surface area contributed by atoms with Crippen molar-refractivity contribution in [3.8, 4) is 0 Å². The van der Waals surface area contributed by atoms with Crippen LogP contribution in [0.3, 0.4) is 0 Å². The molecule has 0 bridgehead atoms. The Morgan fingerprint density at radius 3 is 1.50 bits per heavy atom. The van der Waals surface area contributed by atoms with E-state index < -0.39 is 0 Å². The van der Waals surface area contributed by atoms with Crippen molar-refractivity contribution >= 4 is 16.0 Å². The summed E-state index contributed by atoms with van der Waals surface area (Å²) < 4.78 is 0. The summed E-state index contributed by atoms with van der Waals surface area (Å²) in [5.41, 5.74) is 2.80. The maximum atomic E-state index is 6.11. The average molecular weight is 292 g/mol. The van der Waals surface area contributed by atoms with Crippen molar-refractivity contribution in [1.29, 1.82) is 0 Å². The summed E-state index contributed by atoms with van der Waals surface area (Å²) in [5.74, 6) is 0. The zero-order valence-corrected chi connectivity index (χ0v) is 13.6. The Bertz CT molecular complexity index is 420. The molecule has 2 unspecified atom stereocenters. The molecule has 3 rings (SSSR count). The molecular formula is C18H26B2N2. The van der Waals surface area contributed by atoms with Gasteiger partial charge in [-0.3, -0.25) is 0 Å². The molecule has 0 amide bonds. The Morgan fingerprint density at radius 2 is 1.14 bits per heavy atom. The predicted molar refractivity (Wildman–Crippen MR) is 94.0 cm³/mol. The Labute approximate surface area is 138 Å². The van der Waals surface area contributed by atoms with Crippen LogP contribution in [0.25, 0.3) is 0 Å². The molecule has 22 heavy (non-hydrogen) atoms. The molecule has 1 aromatic carbocycles. The number of rotatable bonds is 4. The molecule has 0 spiro atoms. The van der Waals surface area contributed by atoms with E-state index in [0.29, 0.717) is 12.1 Å². The number of piperidine rings is 2. The van der Waals surface area contributed by atoms with Crippen molar-refractivity contribution < 1.29 is 0 Å². The predicted octanol–water partition coefficient (Wildman–Crippen LogP) is 2.65. The first-order chi connectivity index (χ1) is 10.7. The van der Waals surface area contributed by atoms with Crippen LogP contribution < -0.4 is 0 Å². The number of benzene rings is 1. The van der Waals surface area contributed by atoms with Crippen molar-refractivity contribution in [3.63, 3.8) is 0 Å². The third-order valence-corrected chi connectivity index (χ3v) is 5.31. The van der Waals surface area contributed by atoms with E-state index in [-0.39, 0.29) is 0 Å². The SMILES string of the molecule is [B]N1CCCCC1Cc1ccc(CC2CCCCN2[B])cc1. The Hall–Kier alpha value is -0.730. The van der Waals surface area contributed by atoms with E-state index in [1.807, 2.05) is 9.62 Å². The lowest BCUT2D eigenvalue weighted by atomic mass is 9.91. The molecule has 0 aliphatic carbocycles. The van der Waals surface area contributed by atoms with Crippen molar-refractivity contribution in [2.45, 2.75) is 63.5 Å². The highest BCUT2D eigenvalue weighted by molar-refractivity contribution is 6.04. The zero-order valence-electron chi connectivity index (χ0n) is 13.6. The van der Waals surface area contributed by atoms with E-state index in [0.717, 1.165) is 25.9 Å². The standard InChI is InChI=1S/C18H26B2N2/c19-21-11-3-1-5-17(21)13-15-7-9-16(10-8-15)14-18-6-2-4-12-22(18)20/h7-10,17-18H,1-6,11-14H2. The summed E-state index contributed by atoms with van der Waals surface area (Å²) in [4.78, 5) is 4.07. The Balaban J connectivity index is 1.55. The smallest absolute Gasteiger partial charge is 0.182 e. The number of hydrogen-bond donors (Lipinski definition) is 0. The van der Waals surface area contributed by atoms with Gasteiger partial charge in [-0.05, 0) is 62.7 Å². The van der Waals surface area contributed by atoms with Gasteiger partial charge in [-0.2, -0.15) is 0 Å². The van der Waals surface area contributed by atoms with E-state index in [4.69, 9.17) is 16.0 Å². The molecule has 2 nitrogen and oxygen atoms in total. The third kappa shape index (κ3) is 4.17. The molecule has 1 aromatic rings. The quantitative estimate of drug-likeness (QED) is 0.787. The lowest BCUT2D eigenvalue weighted by molar-refractivity contribution is 0.260. The van der Waals surface area contributed by atoms with Gasteiger partial charge in [-0.25, -0.2) is 0 Å². The fourth-order valence-corrected chi connectivity index (χ4v) is 3.84. The van der Waals surface area contributed by atoms with Gasteiger partial charge in [-0.15, -0.1) is 0 Å². The first-order valence-corrected chi connectivity index (χ1v) is 8.83. The van der Waals surface area contributed by atoms with E-state index >= 15 is 0 Å². The molecule has 114 valence electrons. The molecule has 0 saturated carbocycles. The summed E-state index contributed by atoms with van der Waals surface area (Å²) >= 11 is 0. The molecule has 0 N–H and O–H groups in total. The summed E-state index contributed by atoms with van der Waals surface area (Å²) in [7, 11) is 12.2. The second kappa shape index (κ2) is 7.70. The minimum absolute atomic E-state index is 0.512. The Kier molecular flexibility index (Phi) is 5.65. The highest BCUT2D eigenvalue weighted by Gasteiger charge is 2.20. The van der Waals surface area contributed by atoms with Crippen LogP contribution in [-0.4, -0.2) is 50.8 Å². The summed E-state index contributed by atoms with van der Waals surface area (Å²) in [6.07, 6.45) is 9.69. The van der Waals surface area contributed by atoms with Crippen molar-refractivity contribution in [3.05, 3.63) is 35.4 Å². The van der Waals surface area contributed by atoms with Crippen molar-refractivity contribution in [2.24, 2.45) is 0 Å². The van der Waals surface area contributed by atoms with Crippen LogP contribution in [0, 0.1) is 0 Å². The van der Waals surface area contributed by atoms with E-state index in [9.17, 15) is 0 Å². The number of nitrogens with zero attached hydrogens (tertiary/aromatic N) is 2. The number of hydrogen-bond acceptors (Lipinski definition) is 2. The Morgan fingerprint density at radius 1 is 0.727 bits per heavy atom. The average Bonchev–Trinajstić information content (AvgIpc) is 2.54. The van der Waals surface area contributed by atoms with Crippen LogP contribution >= 0.6 is 0 Å². The van der Waals surface area contributed by atoms with Gasteiger partial charge in [0.05, 0.1) is 0 Å². The lowest BCUT2D eigenvalue weighted by Crippen LogP contribution is -2.39. The molecule has 4 heteroatoms. The van der Waals surface area contributed by atoms with Crippen molar-refractivity contribution in [1.82, 2.24) is 9.62 Å². The highest BCUT2D eigenvalue weighted by Crippen LogP contribution is 2.21. The first kappa shape index (κ1) is 16.1. The monoisotopic (exact) mass is 292 g/mol. The van der Waals surface area contributed by atoms with E-state index in [2.05, 4.69) is 24.3 Å². The first-order valence-electron chi connectivity index (χ1n) is 8.83. The topological polar surface area (TPSA) is 6.48 Å². The lowest BCUT2D eigenvalue weighted by Gasteiger charge is -2.34. The maximum absolute atomic E-state index is 6.11. The van der Waals surface area contributed by atoms with Gasteiger partial charge in [0.2, 0.25) is 0 Å². The van der Waals surface area contributed by atoms with Crippen LogP contribution in [-0.2, 0) is 12.8 Å². The third-order valence-electron chi connectivity index (χ3n) is 5.31. The summed E-state index contributed by atoms with van der Waals surface area (Å²) in [6, 6.07) is 10.1. The van der Waals surface area contributed by atoms with Crippen LogP contribution in [0.1, 0.15) is 49.7 Å². The fourth-order valence-electron chi connectivity index (χ4n) is 3.84. The van der Waals surface area contributed by atoms with E-state index in [1.165, 1.54) is 49.7 Å². The van der Waals surface area contributed by atoms with Gasteiger partial charge < -0.3 is 9.62 Å².